The number of fused-ring (bicyclic) bond motifs is 1. The Bertz CT molecular complexity index is 1620. The van der Waals surface area contributed by atoms with Crippen LogP contribution in [0, 0.1) is 0 Å². The second kappa shape index (κ2) is 10.7. The highest BCUT2D eigenvalue weighted by molar-refractivity contribution is 7.71. The van der Waals surface area contributed by atoms with Crippen molar-refractivity contribution < 1.29 is 18.9 Å². The maximum atomic E-state index is 13.0. The number of benzene rings is 3. The number of aromatic nitrogens is 2. The van der Waals surface area contributed by atoms with Crippen molar-refractivity contribution in [2.24, 2.45) is 7.05 Å². The number of imidazole rings is 1. The summed E-state index contributed by atoms with van der Waals surface area (Å²) in [5.41, 5.74) is 5.18. The Balaban J connectivity index is 1.38. The molecule has 1 saturated heterocycles. The first-order valence-corrected chi connectivity index (χ1v) is 13.2. The lowest BCUT2D eigenvalue weighted by Gasteiger charge is -2.21. The number of aryl methyl sites for hydroxylation is 1. The molecule has 1 unspecified atom stereocenters. The van der Waals surface area contributed by atoms with Crippen molar-refractivity contribution in [3.8, 4) is 11.1 Å². The number of piperidine rings is 1. The number of carbonyl (C=O) groups excluding carboxylic acids is 3. The van der Waals surface area contributed by atoms with E-state index < -0.39 is 11.9 Å². The van der Waals surface area contributed by atoms with E-state index in [1.54, 1.807) is 7.05 Å². The van der Waals surface area contributed by atoms with Gasteiger partial charge in [0, 0.05) is 24.7 Å². The molecule has 1 fully saturated rings. The van der Waals surface area contributed by atoms with E-state index in [0.29, 0.717) is 22.5 Å². The van der Waals surface area contributed by atoms with Gasteiger partial charge in [0.15, 0.2) is 5.75 Å². The number of amides is 3. The van der Waals surface area contributed by atoms with Crippen molar-refractivity contribution in [3.63, 3.8) is 0 Å². The zero-order valence-corrected chi connectivity index (χ0v) is 21.6. The average molecular weight is 532 g/mol. The third-order valence-corrected chi connectivity index (χ3v) is 7.21. The van der Waals surface area contributed by atoms with Crippen LogP contribution in [-0.2, 0) is 45.6 Å². The van der Waals surface area contributed by atoms with Crippen LogP contribution in [0.15, 0.2) is 71.5 Å². The van der Waals surface area contributed by atoms with Crippen LogP contribution >= 0.6 is 0 Å². The van der Waals surface area contributed by atoms with Gasteiger partial charge < -0.3 is 5.32 Å². The third-order valence-electron chi connectivity index (χ3n) is 6.70. The molecule has 194 valence electrons. The van der Waals surface area contributed by atoms with Crippen LogP contribution in [0.5, 0.6) is 0 Å². The average Bonchev–Trinajstić information content (AvgIpc) is 3.14. The summed E-state index contributed by atoms with van der Waals surface area (Å²) >= 11 is 0.276. The molecule has 3 N–H and O–H groups in total. The van der Waals surface area contributed by atoms with Gasteiger partial charge in [-0.2, -0.15) is 4.55 Å². The van der Waals surface area contributed by atoms with E-state index in [2.05, 4.69) is 10.6 Å². The topological polar surface area (TPSA) is 122 Å². The lowest BCUT2D eigenvalue weighted by molar-refractivity contribution is -0.135. The number of anilines is 1. The molecule has 0 spiro atoms. The van der Waals surface area contributed by atoms with Crippen LogP contribution in [0.4, 0.5) is 5.69 Å². The number of rotatable bonds is 7. The van der Waals surface area contributed by atoms with Crippen molar-refractivity contribution in [2.45, 2.75) is 31.1 Å². The van der Waals surface area contributed by atoms with Gasteiger partial charge in [-0.25, -0.2) is 4.79 Å². The van der Waals surface area contributed by atoms with Gasteiger partial charge >= 0.3 is 5.69 Å². The number of hydrogen-bond donors (Lipinski definition) is 3. The summed E-state index contributed by atoms with van der Waals surface area (Å²) < 4.78 is 12.1. The van der Waals surface area contributed by atoms with Crippen molar-refractivity contribution in [2.75, 3.05) is 5.32 Å². The summed E-state index contributed by atoms with van der Waals surface area (Å²) in [6.07, 6.45) is 0.648. The molecule has 1 aromatic heterocycles. The number of imide groups is 1. The molecule has 9 nitrogen and oxygen atoms in total. The van der Waals surface area contributed by atoms with E-state index in [1.807, 2.05) is 66.7 Å². The summed E-state index contributed by atoms with van der Waals surface area (Å²) in [5.74, 6) is -0.450. The Hall–Kier alpha value is -4.15. The van der Waals surface area contributed by atoms with Gasteiger partial charge in [0.05, 0.1) is 17.5 Å². The normalized spacial score (nSPS) is 15.5. The standard InChI is InChI=1S/C28H26N4O5S/c1-31-24-15-20(8-9-22(24)32(28(31)36)23-10-11-25(33)30-27(23)35)19-6-2-4-17(12-19)14-26(34)29-21-7-3-5-18(13-21)16-38-37/h2-9,12-13,15,23,37H,10-11,14,16H2,1H3,(H,29,34)(H,30,33,35)/p+1. The minimum Gasteiger partial charge on any atom is -0.326 e. The Labute approximate surface area is 222 Å². The van der Waals surface area contributed by atoms with Gasteiger partial charge in [-0.3, -0.25) is 28.8 Å². The van der Waals surface area contributed by atoms with Gasteiger partial charge in [0.25, 0.3) is 0 Å². The SMILES string of the molecule is Cn1c(=O)n(C2CCC(=O)NC2=O)c2ccc(-c3cccc(CC(=O)Nc4cccc(C[SH+]O)c4)c3)cc21. The summed E-state index contributed by atoms with van der Waals surface area (Å²) in [6, 6.07) is 19.9. The molecule has 2 heterocycles. The molecular formula is C28H27N4O5S+. The number of nitrogens with zero attached hydrogens (tertiary/aromatic N) is 2. The maximum Gasteiger partial charge on any atom is 0.329 e. The van der Waals surface area contributed by atoms with E-state index in [-0.39, 0.29) is 48.8 Å². The van der Waals surface area contributed by atoms with Gasteiger partial charge in [0.1, 0.15) is 18.1 Å². The zero-order chi connectivity index (χ0) is 26.8. The minimum absolute atomic E-state index is 0.153. The van der Waals surface area contributed by atoms with Crippen molar-refractivity contribution >= 4 is 46.5 Å². The summed E-state index contributed by atoms with van der Waals surface area (Å²) in [4.78, 5) is 49.8. The number of carbonyl (C=O) groups is 3. The lowest BCUT2D eigenvalue weighted by Crippen LogP contribution is -2.44. The van der Waals surface area contributed by atoms with Gasteiger partial charge in [-0.15, -0.1) is 0 Å². The first kappa shape index (κ1) is 25.5. The van der Waals surface area contributed by atoms with Gasteiger partial charge in [0.2, 0.25) is 17.7 Å². The first-order chi connectivity index (χ1) is 18.3. The molecule has 0 bridgehead atoms. The van der Waals surface area contributed by atoms with Crippen LogP contribution < -0.4 is 16.3 Å². The molecule has 0 radical (unpaired) electrons. The molecule has 5 rings (SSSR count). The van der Waals surface area contributed by atoms with Crippen LogP contribution in [0.25, 0.3) is 22.2 Å². The van der Waals surface area contributed by atoms with Crippen LogP contribution in [-0.4, -0.2) is 31.4 Å². The molecule has 3 aromatic carbocycles. The summed E-state index contributed by atoms with van der Waals surface area (Å²) in [6.45, 7) is 0. The van der Waals surface area contributed by atoms with Crippen molar-refractivity contribution in [3.05, 3.63) is 88.3 Å². The molecule has 1 aliphatic rings. The Morgan fingerprint density at radius 2 is 1.76 bits per heavy atom. The quantitative estimate of drug-likeness (QED) is 0.192. The van der Waals surface area contributed by atoms with Crippen molar-refractivity contribution in [1.29, 1.82) is 0 Å². The van der Waals surface area contributed by atoms with E-state index in [9.17, 15) is 19.2 Å². The fourth-order valence-electron chi connectivity index (χ4n) is 4.85. The minimum atomic E-state index is -0.736. The number of nitrogens with one attached hydrogen (secondary N) is 2. The zero-order valence-electron chi connectivity index (χ0n) is 20.7. The molecule has 0 aliphatic carbocycles. The highest BCUT2D eigenvalue weighted by atomic mass is 32.2. The largest absolute Gasteiger partial charge is 0.329 e. The van der Waals surface area contributed by atoms with Crippen LogP contribution in [0.3, 0.4) is 0 Å². The predicted molar refractivity (Wildman–Crippen MR) is 148 cm³/mol. The summed E-state index contributed by atoms with van der Waals surface area (Å²) in [5, 5.41) is 5.23. The van der Waals surface area contributed by atoms with E-state index in [1.165, 1.54) is 9.13 Å². The molecule has 1 atom stereocenters. The van der Waals surface area contributed by atoms with Gasteiger partial charge in [-0.05, 0) is 47.4 Å². The van der Waals surface area contributed by atoms with E-state index in [4.69, 9.17) is 4.55 Å². The smallest absolute Gasteiger partial charge is 0.326 e. The molecule has 4 aromatic rings. The lowest BCUT2D eigenvalue weighted by atomic mass is 10.0. The number of hydrogen-bond acceptors (Lipinski definition) is 5. The fraction of sp³-hybridized carbons (Fsp3) is 0.214. The van der Waals surface area contributed by atoms with E-state index >= 15 is 0 Å². The highest BCUT2D eigenvalue weighted by Gasteiger charge is 2.31. The summed E-state index contributed by atoms with van der Waals surface area (Å²) in [7, 11) is 1.66. The van der Waals surface area contributed by atoms with Gasteiger partial charge in [-0.1, -0.05) is 42.5 Å². The second-order valence-corrected chi connectivity index (χ2v) is 9.91. The highest BCUT2D eigenvalue weighted by Crippen LogP contribution is 2.28. The molecule has 10 heteroatoms. The monoisotopic (exact) mass is 531 g/mol. The first-order valence-electron chi connectivity index (χ1n) is 12.2. The Kier molecular flexibility index (Phi) is 7.17. The number of thiol groups is 1. The Morgan fingerprint density at radius 1 is 1.00 bits per heavy atom. The fourth-order valence-corrected chi connectivity index (χ4v) is 5.21. The molecule has 38 heavy (non-hydrogen) atoms. The Morgan fingerprint density at radius 3 is 2.55 bits per heavy atom. The third kappa shape index (κ3) is 5.13. The second-order valence-electron chi connectivity index (χ2n) is 9.31. The molecule has 0 saturated carbocycles. The maximum absolute atomic E-state index is 13.0. The molecule has 1 aliphatic heterocycles. The van der Waals surface area contributed by atoms with Crippen molar-refractivity contribution in [1.82, 2.24) is 14.5 Å². The van der Waals surface area contributed by atoms with Crippen LogP contribution in [0.2, 0.25) is 0 Å². The van der Waals surface area contributed by atoms with E-state index in [0.717, 1.165) is 22.3 Å². The molecule has 3 amide bonds. The molecular weight excluding hydrogens is 504 g/mol. The van der Waals surface area contributed by atoms with Crippen LogP contribution in [0.1, 0.15) is 30.0 Å². The predicted octanol–water partition coefficient (Wildman–Crippen LogP) is 2.95.